The molecule has 0 aliphatic carbocycles. The van der Waals surface area contributed by atoms with Gasteiger partial charge in [0.25, 0.3) is 5.91 Å². The average molecular weight is 283 g/mol. The van der Waals surface area contributed by atoms with E-state index in [1.165, 1.54) is 12.3 Å². The number of carbonyl (C=O) groups excluding carboxylic acids is 2. The van der Waals surface area contributed by atoms with Crippen molar-refractivity contribution in [1.29, 1.82) is 0 Å². The van der Waals surface area contributed by atoms with Gasteiger partial charge in [0.1, 0.15) is 0 Å². The van der Waals surface area contributed by atoms with Crippen molar-refractivity contribution in [2.75, 3.05) is 0 Å². The van der Waals surface area contributed by atoms with Crippen molar-refractivity contribution in [2.24, 2.45) is 5.73 Å². The first-order chi connectivity index (χ1) is 9.32. The third kappa shape index (κ3) is 2.53. The maximum atomic E-state index is 12.8. The Morgan fingerprint density at radius 2 is 2.05 bits per heavy atom. The van der Waals surface area contributed by atoms with Gasteiger partial charge in [-0.3, -0.25) is 9.59 Å². The van der Waals surface area contributed by atoms with Crippen LogP contribution in [0.4, 0.5) is 13.2 Å². The monoisotopic (exact) mass is 283 g/mol. The Hall–Kier alpha value is -2.64. The van der Waals surface area contributed by atoms with Crippen LogP contribution in [0.2, 0.25) is 0 Å². The second-order valence-electron chi connectivity index (χ2n) is 3.92. The molecule has 0 fully saturated rings. The summed E-state index contributed by atoms with van der Waals surface area (Å²) in [6.45, 7) is 0. The number of halogens is 3. The van der Waals surface area contributed by atoms with Crippen LogP contribution in [-0.2, 0) is 6.18 Å². The summed E-state index contributed by atoms with van der Waals surface area (Å²) in [4.78, 5) is 21.5. The molecule has 0 unspecified atom stereocenters. The minimum absolute atomic E-state index is 0.0652. The molecule has 0 saturated carbocycles. The van der Waals surface area contributed by atoms with E-state index in [9.17, 15) is 22.8 Å². The lowest BCUT2D eigenvalue weighted by atomic mass is 10.1. The Morgan fingerprint density at radius 1 is 1.35 bits per heavy atom. The van der Waals surface area contributed by atoms with E-state index in [0.29, 0.717) is 0 Å². The number of benzene rings is 1. The maximum Gasteiger partial charge on any atom is 0.417 e. The zero-order chi connectivity index (χ0) is 14.9. The third-order valence-electron chi connectivity index (χ3n) is 2.60. The Labute approximate surface area is 110 Å². The van der Waals surface area contributed by atoms with Gasteiger partial charge in [-0.05, 0) is 18.2 Å². The van der Waals surface area contributed by atoms with Crippen molar-refractivity contribution in [2.45, 2.75) is 6.18 Å². The Morgan fingerprint density at radius 3 is 2.55 bits per heavy atom. The molecule has 0 bridgehead atoms. The van der Waals surface area contributed by atoms with Gasteiger partial charge in [0.05, 0.1) is 23.0 Å². The predicted molar refractivity (Wildman–Crippen MR) is 62.5 cm³/mol. The van der Waals surface area contributed by atoms with Gasteiger partial charge in [-0.15, -0.1) is 0 Å². The number of primary amides is 1. The third-order valence-corrected chi connectivity index (χ3v) is 2.60. The normalized spacial score (nSPS) is 11.3. The largest absolute Gasteiger partial charge is 0.417 e. The zero-order valence-electron chi connectivity index (χ0n) is 9.89. The summed E-state index contributed by atoms with van der Waals surface area (Å²) in [5, 5.41) is 3.75. The van der Waals surface area contributed by atoms with Gasteiger partial charge in [-0.2, -0.15) is 18.3 Å². The number of nitrogens with zero attached hydrogens (tertiary/aromatic N) is 2. The second-order valence-corrected chi connectivity index (χ2v) is 3.92. The van der Waals surface area contributed by atoms with E-state index in [0.717, 1.165) is 23.0 Å². The van der Waals surface area contributed by atoms with Crippen molar-refractivity contribution in [3.63, 3.8) is 0 Å². The molecule has 2 aromatic rings. The maximum absolute atomic E-state index is 12.8. The van der Waals surface area contributed by atoms with E-state index >= 15 is 0 Å². The van der Waals surface area contributed by atoms with E-state index < -0.39 is 23.2 Å². The summed E-state index contributed by atoms with van der Waals surface area (Å²) in [5.74, 6) is -0.739. The fourth-order valence-electron chi connectivity index (χ4n) is 1.63. The molecule has 5 nitrogen and oxygen atoms in total. The van der Waals surface area contributed by atoms with Crippen LogP contribution in [0.15, 0.2) is 30.6 Å². The smallest absolute Gasteiger partial charge is 0.366 e. The number of hydrogen-bond acceptors (Lipinski definition) is 3. The Kier molecular flexibility index (Phi) is 3.31. The number of aromatic nitrogens is 2. The molecule has 0 radical (unpaired) electrons. The molecule has 1 aromatic heterocycles. The molecule has 1 heterocycles. The fourth-order valence-corrected chi connectivity index (χ4v) is 1.63. The van der Waals surface area contributed by atoms with E-state index in [4.69, 9.17) is 5.73 Å². The molecular formula is C12H8F3N3O2. The second kappa shape index (κ2) is 4.80. The van der Waals surface area contributed by atoms with Crippen LogP contribution >= 0.6 is 0 Å². The molecule has 1 aromatic carbocycles. The molecule has 0 spiro atoms. The van der Waals surface area contributed by atoms with E-state index in [1.54, 1.807) is 0 Å². The molecule has 20 heavy (non-hydrogen) atoms. The molecule has 104 valence electrons. The Bertz CT molecular complexity index is 677. The van der Waals surface area contributed by atoms with E-state index in [2.05, 4.69) is 5.10 Å². The van der Waals surface area contributed by atoms with Crippen LogP contribution in [-0.4, -0.2) is 22.0 Å². The highest BCUT2D eigenvalue weighted by atomic mass is 19.4. The number of rotatable bonds is 3. The summed E-state index contributed by atoms with van der Waals surface area (Å²) >= 11 is 0. The first kappa shape index (κ1) is 13.8. The van der Waals surface area contributed by atoms with E-state index in [1.807, 2.05) is 0 Å². The lowest BCUT2D eigenvalue weighted by molar-refractivity contribution is -0.137. The topological polar surface area (TPSA) is 78.0 Å². The first-order valence-electron chi connectivity index (χ1n) is 5.34. The van der Waals surface area contributed by atoms with Gasteiger partial charge < -0.3 is 5.73 Å². The minimum Gasteiger partial charge on any atom is -0.366 e. The zero-order valence-corrected chi connectivity index (χ0v) is 9.89. The summed E-state index contributed by atoms with van der Waals surface area (Å²) in [5.41, 5.74) is 3.63. The van der Waals surface area contributed by atoms with Crippen LogP contribution < -0.4 is 5.73 Å². The number of hydrogen-bond donors (Lipinski definition) is 1. The molecule has 0 aliphatic rings. The standard InChI is InChI=1S/C12H8F3N3O2/c13-12(14,15)10-3-9(2-1-7(10)6-19)18-5-8(4-17-18)11(16)20/h1-6H,(H2,16,20). The molecule has 8 heteroatoms. The number of aldehydes is 1. The fraction of sp³-hybridized carbons (Fsp3) is 0.0833. The highest BCUT2D eigenvalue weighted by Gasteiger charge is 2.33. The van der Waals surface area contributed by atoms with Crippen LogP contribution in [0.1, 0.15) is 26.3 Å². The van der Waals surface area contributed by atoms with Crippen LogP contribution in [0.5, 0.6) is 0 Å². The molecule has 1 amide bonds. The molecule has 2 rings (SSSR count). The number of alkyl halides is 3. The van der Waals surface area contributed by atoms with Gasteiger partial charge in [-0.25, -0.2) is 4.68 Å². The summed E-state index contributed by atoms with van der Waals surface area (Å²) < 4.78 is 39.5. The Balaban J connectivity index is 2.52. The molecule has 0 atom stereocenters. The molecule has 0 aliphatic heterocycles. The van der Waals surface area contributed by atoms with Gasteiger partial charge in [0, 0.05) is 11.8 Å². The van der Waals surface area contributed by atoms with E-state index in [-0.39, 0.29) is 17.5 Å². The predicted octanol–water partition coefficient (Wildman–Crippen LogP) is 1.80. The quantitative estimate of drug-likeness (QED) is 0.872. The summed E-state index contributed by atoms with van der Waals surface area (Å²) in [6.07, 6.45) is -2.18. The average Bonchev–Trinajstić information content (AvgIpc) is 2.86. The van der Waals surface area contributed by atoms with Gasteiger partial charge in [-0.1, -0.05) is 0 Å². The van der Waals surface area contributed by atoms with Gasteiger partial charge in [0.15, 0.2) is 6.29 Å². The van der Waals surface area contributed by atoms with Gasteiger partial charge in [0.2, 0.25) is 0 Å². The van der Waals surface area contributed by atoms with Crippen molar-refractivity contribution in [3.8, 4) is 5.69 Å². The molecular weight excluding hydrogens is 275 g/mol. The molecule has 0 saturated heterocycles. The first-order valence-corrected chi connectivity index (χ1v) is 5.34. The minimum atomic E-state index is -4.66. The highest BCUT2D eigenvalue weighted by molar-refractivity contribution is 5.92. The van der Waals surface area contributed by atoms with Gasteiger partial charge >= 0.3 is 6.18 Å². The SMILES string of the molecule is NC(=O)c1cnn(-c2ccc(C=O)c(C(F)(F)F)c2)c1. The number of nitrogens with two attached hydrogens (primary N) is 1. The van der Waals surface area contributed by atoms with Crippen molar-refractivity contribution in [3.05, 3.63) is 47.3 Å². The number of amides is 1. The number of carbonyl (C=O) groups is 2. The van der Waals surface area contributed by atoms with Crippen molar-refractivity contribution in [1.82, 2.24) is 9.78 Å². The van der Waals surface area contributed by atoms with Crippen molar-refractivity contribution < 1.29 is 22.8 Å². The summed E-state index contributed by atoms with van der Waals surface area (Å²) in [7, 11) is 0. The van der Waals surface area contributed by atoms with Crippen LogP contribution in [0, 0.1) is 0 Å². The summed E-state index contributed by atoms with van der Waals surface area (Å²) in [6, 6.07) is 3.11. The lowest BCUT2D eigenvalue weighted by Gasteiger charge is -2.11. The van der Waals surface area contributed by atoms with Crippen LogP contribution in [0.25, 0.3) is 5.69 Å². The van der Waals surface area contributed by atoms with Crippen molar-refractivity contribution >= 4 is 12.2 Å². The highest BCUT2D eigenvalue weighted by Crippen LogP contribution is 2.32. The van der Waals surface area contributed by atoms with Crippen LogP contribution in [0.3, 0.4) is 0 Å². The lowest BCUT2D eigenvalue weighted by Crippen LogP contribution is -2.11. The molecule has 2 N–H and O–H groups in total.